The fourth-order valence-corrected chi connectivity index (χ4v) is 4.80. The molecule has 1 unspecified atom stereocenters. The Bertz CT molecular complexity index is 1420. The van der Waals surface area contributed by atoms with E-state index in [-0.39, 0.29) is 17.9 Å². The van der Waals surface area contributed by atoms with E-state index in [1.54, 1.807) is 6.07 Å². The summed E-state index contributed by atoms with van der Waals surface area (Å²) in [4.78, 5) is 28.8. The Morgan fingerprint density at radius 2 is 1.61 bits per heavy atom. The molecule has 4 aromatic carbocycles. The van der Waals surface area contributed by atoms with Crippen molar-refractivity contribution >= 4 is 34.0 Å². The molecule has 1 atom stereocenters. The minimum atomic E-state index is -0.195. The largest absolute Gasteiger partial charge is 0.366 e. The molecular weight excluding hydrogens is 446 g/mol. The maximum Gasteiger partial charge on any atom is 0.256 e. The summed E-state index contributed by atoms with van der Waals surface area (Å²) in [6.45, 7) is 5.64. The molecule has 0 radical (unpaired) electrons. The molecule has 5 heteroatoms. The highest BCUT2D eigenvalue weighted by molar-refractivity contribution is 6.13. The predicted molar refractivity (Wildman–Crippen MR) is 147 cm³/mol. The lowest BCUT2D eigenvalue weighted by Gasteiger charge is -2.32. The van der Waals surface area contributed by atoms with E-state index in [0.29, 0.717) is 16.8 Å². The molecule has 2 amide bonds. The Hall–Kier alpha value is -4.12. The van der Waals surface area contributed by atoms with E-state index >= 15 is 0 Å². The van der Waals surface area contributed by atoms with Crippen LogP contribution in [0.15, 0.2) is 84.9 Å². The third-order valence-corrected chi connectivity index (χ3v) is 6.99. The van der Waals surface area contributed by atoms with Crippen LogP contribution in [-0.4, -0.2) is 24.4 Å². The van der Waals surface area contributed by atoms with Gasteiger partial charge in [-0.1, -0.05) is 67.6 Å². The lowest BCUT2D eigenvalue weighted by Crippen LogP contribution is -2.35. The third kappa shape index (κ3) is 4.82. The molecule has 5 rings (SSSR count). The molecule has 182 valence electrons. The fraction of sp³-hybridized carbons (Fsp3) is 0.226. The number of hydrogen-bond acceptors (Lipinski definition) is 3. The molecule has 4 aromatic rings. The second-order valence-corrected chi connectivity index (χ2v) is 9.44. The third-order valence-electron chi connectivity index (χ3n) is 6.99. The van der Waals surface area contributed by atoms with Gasteiger partial charge in [0.2, 0.25) is 0 Å². The van der Waals surface area contributed by atoms with Crippen LogP contribution < -0.4 is 15.5 Å². The lowest BCUT2D eigenvalue weighted by atomic mass is 9.98. The summed E-state index contributed by atoms with van der Waals surface area (Å²) < 4.78 is 0. The Kier molecular flexibility index (Phi) is 6.72. The smallest absolute Gasteiger partial charge is 0.256 e. The number of carbonyl (C=O) groups excluding carboxylic acids is 2. The Balaban J connectivity index is 1.46. The average molecular weight is 478 g/mol. The number of anilines is 2. The summed E-state index contributed by atoms with van der Waals surface area (Å²) >= 11 is 0. The van der Waals surface area contributed by atoms with Crippen LogP contribution in [0.4, 0.5) is 11.4 Å². The Morgan fingerprint density at radius 1 is 0.861 bits per heavy atom. The molecule has 5 nitrogen and oxygen atoms in total. The van der Waals surface area contributed by atoms with Gasteiger partial charge in [-0.25, -0.2) is 0 Å². The topological polar surface area (TPSA) is 61.4 Å². The summed E-state index contributed by atoms with van der Waals surface area (Å²) in [6.07, 6.45) is 1.78. The molecule has 1 aliphatic rings. The van der Waals surface area contributed by atoms with Gasteiger partial charge in [-0.3, -0.25) is 9.59 Å². The quantitative estimate of drug-likeness (QED) is 0.348. The van der Waals surface area contributed by atoms with Crippen molar-refractivity contribution < 1.29 is 9.59 Å². The van der Waals surface area contributed by atoms with Crippen molar-refractivity contribution in [2.75, 3.05) is 16.8 Å². The number of fused-ring (bicyclic) bond motifs is 2. The zero-order valence-corrected chi connectivity index (χ0v) is 20.8. The molecule has 0 bridgehead atoms. The van der Waals surface area contributed by atoms with Gasteiger partial charge in [0.25, 0.3) is 11.8 Å². The van der Waals surface area contributed by atoms with Crippen molar-refractivity contribution in [3.05, 3.63) is 107 Å². The molecule has 1 heterocycles. The minimum Gasteiger partial charge on any atom is -0.366 e. The molecule has 36 heavy (non-hydrogen) atoms. The van der Waals surface area contributed by atoms with Gasteiger partial charge in [-0.05, 0) is 65.9 Å². The highest BCUT2D eigenvalue weighted by Gasteiger charge is 2.23. The Labute approximate surface area is 212 Å². The second-order valence-electron chi connectivity index (χ2n) is 9.44. The van der Waals surface area contributed by atoms with Crippen molar-refractivity contribution in [3.63, 3.8) is 0 Å². The zero-order valence-electron chi connectivity index (χ0n) is 20.8. The molecule has 0 saturated heterocycles. The van der Waals surface area contributed by atoms with Gasteiger partial charge in [-0.2, -0.15) is 0 Å². The van der Waals surface area contributed by atoms with Gasteiger partial charge in [0.1, 0.15) is 0 Å². The summed E-state index contributed by atoms with van der Waals surface area (Å²) in [5, 5.41) is 8.04. The van der Waals surface area contributed by atoms with Gasteiger partial charge >= 0.3 is 0 Å². The van der Waals surface area contributed by atoms with E-state index in [4.69, 9.17) is 0 Å². The zero-order chi connectivity index (χ0) is 25.1. The Morgan fingerprint density at radius 3 is 2.44 bits per heavy atom. The van der Waals surface area contributed by atoms with Crippen LogP contribution in [0.25, 0.3) is 10.8 Å². The molecule has 1 aliphatic heterocycles. The van der Waals surface area contributed by atoms with Crippen molar-refractivity contribution in [2.24, 2.45) is 0 Å². The lowest BCUT2D eigenvalue weighted by molar-refractivity contribution is 0.0938. The van der Waals surface area contributed by atoms with E-state index < -0.39 is 0 Å². The second kappa shape index (κ2) is 10.2. The molecule has 0 spiro atoms. The van der Waals surface area contributed by atoms with Crippen LogP contribution in [0.1, 0.15) is 52.1 Å². The summed E-state index contributed by atoms with van der Waals surface area (Å²) in [5.74, 6) is -0.320. The van der Waals surface area contributed by atoms with Gasteiger partial charge < -0.3 is 15.5 Å². The van der Waals surface area contributed by atoms with E-state index in [0.717, 1.165) is 42.4 Å². The normalized spacial score (nSPS) is 13.7. The first-order chi connectivity index (χ1) is 17.5. The monoisotopic (exact) mass is 477 g/mol. The van der Waals surface area contributed by atoms with Gasteiger partial charge in [0, 0.05) is 36.1 Å². The number of nitrogens with one attached hydrogen (secondary N) is 2. The predicted octanol–water partition coefficient (Wildman–Crippen LogP) is 6.18. The van der Waals surface area contributed by atoms with Gasteiger partial charge in [0.05, 0.1) is 5.56 Å². The van der Waals surface area contributed by atoms with Gasteiger partial charge in [0.15, 0.2) is 0 Å². The number of hydrogen-bond donors (Lipinski definition) is 2. The minimum absolute atomic E-state index is 0.0568. The molecular formula is C31H31N3O2. The van der Waals surface area contributed by atoms with E-state index in [1.807, 2.05) is 68.4 Å². The molecule has 0 saturated carbocycles. The van der Waals surface area contributed by atoms with E-state index in [9.17, 15) is 9.59 Å². The number of carbonyl (C=O) groups is 2. The number of rotatable bonds is 6. The maximum absolute atomic E-state index is 13.4. The molecule has 0 aliphatic carbocycles. The van der Waals surface area contributed by atoms with Crippen LogP contribution in [0, 0.1) is 0 Å². The number of amides is 2. The van der Waals surface area contributed by atoms with Crippen LogP contribution in [0.3, 0.4) is 0 Å². The first-order valence-electron chi connectivity index (χ1n) is 12.6. The SMILES string of the molecule is CCC(C)NC(=O)c1cc(NC(=O)c2cccc3ccccc23)ccc1N1CCc2ccccc2C1. The maximum atomic E-state index is 13.4. The first-order valence-corrected chi connectivity index (χ1v) is 12.6. The summed E-state index contributed by atoms with van der Waals surface area (Å²) in [7, 11) is 0. The summed E-state index contributed by atoms with van der Waals surface area (Å²) in [6, 6.07) is 27.7. The fourth-order valence-electron chi connectivity index (χ4n) is 4.80. The van der Waals surface area contributed by atoms with Crippen molar-refractivity contribution in [2.45, 2.75) is 39.3 Å². The van der Waals surface area contributed by atoms with Crippen LogP contribution in [-0.2, 0) is 13.0 Å². The van der Waals surface area contributed by atoms with Crippen LogP contribution >= 0.6 is 0 Å². The number of nitrogens with zero attached hydrogens (tertiary/aromatic N) is 1. The standard InChI is InChI=1S/C31H31N3O2/c1-3-21(2)32-31(36)28-19-25(33-30(35)27-14-8-12-23-10-6-7-13-26(23)27)15-16-29(28)34-18-17-22-9-4-5-11-24(22)20-34/h4-16,19,21H,3,17-18,20H2,1-2H3,(H,32,36)(H,33,35). The van der Waals surface area contributed by atoms with Crippen LogP contribution in [0.5, 0.6) is 0 Å². The molecule has 0 aromatic heterocycles. The average Bonchev–Trinajstić information content (AvgIpc) is 2.92. The van der Waals surface area contributed by atoms with Gasteiger partial charge in [-0.15, -0.1) is 0 Å². The van der Waals surface area contributed by atoms with E-state index in [2.05, 4.69) is 39.8 Å². The highest BCUT2D eigenvalue weighted by atomic mass is 16.2. The highest BCUT2D eigenvalue weighted by Crippen LogP contribution is 2.30. The number of benzene rings is 4. The van der Waals surface area contributed by atoms with Crippen molar-refractivity contribution in [1.29, 1.82) is 0 Å². The molecule has 2 N–H and O–H groups in total. The van der Waals surface area contributed by atoms with Crippen molar-refractivity contribution in [3.8, 4) is 0 Å². The first kappa shape index (κ1) is 23.6. The summed E-state index contributed by atoms with van der Waals surface area (Å²) in [5.41, 5.74) is 5.31. The van der Waals surface area contributed by atoms with Crippen molar-refractivity contribution in [1.82, 2.24) is 5.32 Å². The van der Waals surface area contributed by atoms with E-state index in [1.165, 1.54) is 11.1 Å². The molecule has 0 fully saturated rings. The van der Waals surface area contributed by atoms with Crippen LogP contribution in [0.2, 0.25) is 0 Å².